The lowest BCUT2D eigenvalue weighted by molar-refractivity contribution is -0.287. The molecule has 0 aromatic rings. The van der Waals surface area contributed by atoms with Crippen molar-refractivity contribution in [2.24, 2.45) is 11.8 Å². The number of hydrogen-bond acceptors (Lipinski definition) is 7. The van der Waals surface area contributed by atoms with E-state index in [-0.39, 0.29) is 17.9 Å². The van der Waals surface area contributed by atoms with E-state index in [1.54, 1.807) is 0 Å². The van der Waals surface area contributed by atoms with Crippen LogP contribution in [0.5, 0.6) is 0 Å². The van der Waals surface area contributed by atoms with E-state index in [4.69, 9.17) is 18.9 Å². The van der Waals surface area contributed by atoms with E-state index in [1.165, 1.54) is 20.8 Å². The van der Waals surface area contributed by atoms with Crippen molar-refractivity contribution in [3.05, 3.63) is 0 Å². The average Bonchev–Trinajstić information content (AvgIpc) is 2.35. The standard InChI is InChI=1S/C15H24O7/c1-7(2)12-8(3)13(19-9(4)16)14(20-10(5)17)15(22-12)21-11(6)18/h7-8,12-15H,1-6H3/t8-,12+,13-,14+,15?/m0/s1. The highest BCUT2D eigenvalue weighted by atomic mass is 16.7. The predicted molar refractivity (Wildman–Crippen MR) is 75.5 cm³/mol. The molecular formula is C15H24O7. The third-order valence-corrected chi connectivity index (χ3v) is 3.46. The highest BCUT2D eigenvalue weighted by Crippen LogP contribution is 2.34. The second-order valence-electron chi connectivity index (χ2n) is 5.83. The summed E-state index contributed by atoms with van der Waals surface area (Å²) in [6.07, 6.45) is -3.14. The molecular weight excluding hydrogens is 292 g/mol. The second kappa shape index (κ2) is 7.58. The maximum absolute atomic E-state index is 11.4. The molecule has 1 rings (SSSR count). The number of carbonyl (C=O) groups excluding carboxylic acids is 3. The van der Waals surface area contributed by atoms with Crippen molar-refractivity contribution < 1.29 is 33.3 Å². The average molecular weight is 316 g/mol. The summed E-state index contributed by atoms with van der Waals surface area (Å²) in [4.78, 5) is 34.0. The first-order valence-electron chi connectivity index (χ1n) is 7.30. The van der Waals surface area contributed by atoms with Crippen LogP contribution >= 0.6 is 0 Å². The minimum absolute atomic E-state index is 0.101. The third kappa shape index (κ3) is 4.69. The van der Waals surface area contributed by atoms with Gasteiger partial charge >= 0.3 is 17.9 Å². The number of ether oxygens (including phenoxy) is 4. The summed E-state index contributed by atoms with van der Waals surface area (Å²) in [5.74, 6) is -1.76. The van der Waals surface area contributed by atoms with Gasteiger partial charge in [0, 0.05) is 26.7 Å². The van der Waals surface area contributed by atoms with E-state index in [0.717, 1.165) is 0 Å². The Bertz CT molecular complexity index is 432. The van der Waals surface area contributed by atoms with Crippen molar-refractivity contribution >= 4 is 17.9 Å². The van der Waals surface area contributed by atoms with Gasteiger partial charge in [-0.05, 0) is 5.92 Å². The summed E-state index contributed by atoms with van der Waals surface area (Å²) in [5.41, 5.74) is 0. The number of carbonyl (C=O) groups is 3. The van der Waals surface area contributed by atoms with Crippen LogP contribution in [0.1, 0.15) is 41.5 Å². The summed E-state index contributed by atoms with van der Waals surface area (Å²) in [7, 11) is 0. The van der Waals surface area contributed by atoms with Crippen molar-refractivity contribution in [2.75, 3.05) is 0 Å². The van der Waals surface area contributed by atoms with Crippen LogP contribution in [0.2, 0.25) is 0 Å². The number of esters is 3. The first kappa shape index (κ1) is 18.4. The fraction of sp³-hybridized carbons (Fsp3) is 0.800. The molecule has 1 heterocycles. The van der Waals surface area contributed by atoms with Gasteiger partial charge in [-0.3, -0.25) is 14.4 Å². The van der Waals surface area contributed by atoms with E-state index in [9.17, 15) is 14.4 Å². The molecule has 1 saturated heterocycles. The molecule has 1 aliphatic heterocycles. The van der Waals surface area contributed by atoms with E-state index >= 15 is 0 Å². The minimum atomic E-state index is -1.10. The van der Waals surface area contributed by atoms with Gasteiger partial charge in [-0.25, -0.2) is 0 Å². The Morgan fingerprint density at radius 2 is 1.32 bits per heavy atom. The highest BCUT2D eigenvalue weighted by Gasteiger charge is 2.50. The molecule has 1 aliphatic rings. The molecule has 0 radical (unpaired) electrons. The van der Waals surface area contributed by atoms with E-state index in [2.05, 4.69) is 0 Å². The first-order chi connectivity index (χ1) is 10.1. The lowest BCUT2D eigenvalue weighted by atomic mass is 9.84. The summed E-state index contributed by atoms with van der Waals surface area (Å²) in [5, 5.41) is 0. The fourth-order valence-electron chi connectivity index (χ4n) is 2.70. The van der Waals surface area contributed by atoms with E-state index < -0.39 is 36.4 Å². The molecule has 0 saturated carbocycles. The molecule has 0 aliphatic carbocycles. The Hall–Kier alpha value is -1.63. The number of rotatable bonds is 4. The van der Waals surface area contributed by atoms with Crippen LogP contribution < -0.4 is 0 Å². The van der Waals surface area contributed by atoms with Crippen molar-refractivity contribution in [3.63, 3.8) is 0 Å². The molecule has 1 unspecified atom stereocenters. The van der Waals surface area contributed by atoms with Crippen LogP contribution in [0, 0.1) is 11.8 Å². The van der Waals surface area contributed by atoms with Gasteiger partial charge in [0.1, 0.15) is 6.10 Å². The molecule has 0 aromatic carbocycles. The van der Waals surface area contributed by atoms with Gasteiger partial charge in [0.2, 0.25) is 12.4 Å². The van der Waals surface area contributed by atoms with Gasteiger partial charge in [-0.1, -0.05) is 20.8 Å². The van der Waals surface area contributed by atoms with E-state index in [0.29, 0.717) is 0 Å². The van der Waals surface area contributed by atoms with Gasteiger partial charge in [0.05, 0.1) is 6.10 Å². The molecule has 7 heteroatoms. The largest absolute Gasteiger partial charge is 0.458 e. The monoisotopic (exact) mass is 316 g/mol. The maximum atomic E-state index is 11.4. The van der Waals surface area contributed by atoms with Crippen LogP contribution in [0.15, 0.2) is 0 Å². The molecule has 7 nitrogen and oxygen atoms in total. The quantitative estimate of drug-likeness (QED) is 0.572. The van der Waals surface area contributed by atoms with E-state index in [1.807, 2.05) is 20.8 Å². The number of hydrogen-bond donors (Lipinski definition) is 0. The maximum Gasteiger partial charge on any atom is 0.305 e. The van der Waals surface area contributed by atoms with Crippen molar-refractivity contribution in [2.45, 2.75) is 66.1 Å². The molecule has 5 atom stereocenters. The molecule has 126 valence electrons. The lowest BCUT2D eigenvalue weighted by Gasteiger charge is -2.44. The molecule has 0 N–H and O–H groups in total. The smallest absolute Gasteiger partial charge is 0.305 e. The van der Waals surface area contributed by atoms with Gasteiger partial charge < -0.3 is 18.9 Å². The molecule has 0 spiro atoms. The van der Waals surface area contributed by atoms with Crippen LogP contribution in [0.3, 0.4) is 0 Å². The Kier molecular flexibility index (Phi) is 6.34. The minimum Gasteiger partial charge on any atom is -0.458 e. The Labute approximate surface area is 130 Å². The second-order valence-corrected chi connectivity index (χ2v) is 5.83. The summed E-state index contributed by atoms with van der Waals surface area (Å²) in [6, 6.07) is 0. The van der Waals surface area contributed by atoms with Crippen LogP contribution in [0.25, 0.3) is 0 Å². The van der Waals surface area contributed by atoms with Crippen LogP contribution in [0.4, 0.5) is 0 Å². The topological polar surface area (TPSA) is 88.1 Å². The molecule has 0 bridgehead atoms. The third-order valence-electron chi connectivity index (χ3n) is 3.46. The Balaban J connectivity index is 3.12. The Morgan fingerprint density at radius 3 is 1.73 bits per heavy atom. The highest BCUT2D eigenvalue weighted by molar-refractivity contribution is 5.68. The zero-order chi connectivity index (χ0) is 17.0. The predicted octanol–water partition coefficient (Wildman–Crippen LogP) is 1.43. The van der Waals surface area contributed by atoms with Gasteiger partial charge in [0.15, 0.2) is 0 Å². The molecule has 0 amide bonds. The van der Waals surface area contributed by atoms with Crippen LogP contribution in [-0.4, -0.2) is 42.5 Å². The normalized spacial score (nSPS) is 31.5. The Morgan fingerprint density at radius 1 is 0.864 bits per heavy atom. The van der Waals surface area contributed by atoms with Gasteiger partial charge in [0.25, 0.3) is 0 Å². The molecule has 0 aromatic heterocycles. The van der Waals surface area contributed by atoms with Gasteiger partial charge in [-0.2, -0.15) is 0 Å². The van der Waals surface area contributed by atoms with Crippen LogP contribution in [-0.2, 0) is 33.3 Å². The van der Waals surface area contributed by atoms with Crippen molar-refractivity contribution in [1.29, 1.82) is 0 Å². The molecule has 22 heavy (non-hydrogen) atoms. The zero-order valence-corrected chi connectivity index (χ0v) is 13.8. The summed E-state index contributed by atoms with van der Waals surface area (Å²) < 4.78 is 21.4. The van der Waals surface area contributed by atoms with Crippen molar-refractivity contribution in [1.82, 2.24) is 0 Å². The first-order valence-corrected chi connectivity index (χ1v) is 7.30. The molecule has 1 fully saturated rings. The summed E-state index contributed by atoms with van der Waals surface area (Å²) >= 11 is 0. The lowest BCUT2D eigenvalue weighted by Crippen LogP contribution is -2.58. The summed E-state index contributed by atoms with van der Waals surface area (Å²) in [6.45, 7) is 9.48. The zero-order valence-electron chi connectivity index (χ0n) is 13.8. The van der Waals surface area contributed by atoms with Gasteiger partial charge in [-0.15, -0.1) is 0 Å². The fourth-order valence-corrected chi connectivity index (χ4v) is 2.70. The SMILES string of the molecule is CC(=O)OC1O[C@H](C(C)C)[C@H](C)[C@H](OC(C)=O)[C@H]1OC(C)=O. The van der Waals surface area contributed by atoms with Crippen molar-refractivity contribution in [3.8, 4) is 0 Å².